The maximum atomic E-state index is 4.76. The summed E-state index contributed by atoms with van der Waals surface area (Å²) in [5, 5.41) is 0.194. The summed E-state index contributed by atoms with van der Waals surface area (Å²) in [6.45, 7) is 0. The van der Waals surface area contributed by atoms with Crippen LogP contribution in [0, 0.1) is 0 Å². The third-order valence-corrected chi connectivity index (χ3v) is 0. The number of hydrogen-bond acceptors (Lipinski definition) is 0. The molecule has 3 heteroatoms. The molecule has 0 bridgehead atoms. The van der Waals surface area contributed by atoms with E-state index in [1.165, 1.54) is 0 Å². The van der Waals surface area contributed by atoms with Crippen molar-refractivity contribution in [2.24, 2.45) is 0 Å². The van der Waals surface area contributed by atoms with Gasteiger partial charge in [0, 0.05) is 0 Å². The molecule has 0 saturated carbocycles. The Labute approximate surface area is 49.1 Å². The zero-order valence-corrected chi connectivity index (χ0v) is 3.97. The van der Waals surface area contributed by atoms with Crippen LogP contribution >= 0.6 is 23.2 Å². The molecule has 0 unspecified atom stereocenters. The van der Waals surface area contributed by atoms with E-state index in [0.717, 1.165) is 0 Å². The van der Waals surface area contributed by atoms with Crippen molar-refractivity contribution in [3.05, 3.63) is 0 Å². The molecule has 0 rings (SSSR count). The Morgan fingerprint density at radius 2 is 1.50 bits per heavy atom. The summed E-state index contributed by atoms with van der Waals surface area (Å²) in [5.41, 5.74) is 0. The van der Waals surface area contributed by atoms with Crippen molar-refractivity contribution < 1.29 is 20.3 Å². The Balaban J connectivity index is -0.0000000200. The minimum Gasteiger partial charge on any atom is -1.00 e. The average molecular weight is 92.9 g/mol. The summed E-state index contributed by atoms with van der Waals surface area (Å²) < 4.78 is 0. The van der Waals surface area contributed by atoms with Gasteiger partial charge in [-0.3, -0.25) is 0 Å². The molecule has 0 saturated heterocycles. The standard InChI is InChI=1S/CH2Cl2.Li.H/c2-1-3;;/h1H2;;/q;+1;-1. The van der Waals surface area contributed by atoms with E-state index in [1.54, 1.807) is 0 Å². The second-order valence-electron chi connectivity index (χ2n) is 0.101. The van der Waals surface area contributed by atoms with Crippen LogP contribution in [0.1, 0.15) is 1.43 Å². The van der Waals surface area contributed by atoms with Crippen LogP contribution in [0.3, 0.4) is 0 Å². The van der Waals surface area contributed by atoms with Gasteiger partial charge in [-0.1, -0.05) is 0 Å². The van der Waals surface area contributed by atoms with Gasteiger partial charge < -0.3 is 1.43 Å². The predicted molar refractivity (Wildman–Crippen MR) is 17.7 cm³/mol. The fourth-order valence-electron chi connectivity index (χ4n) is 0. The molecule has 0 radical (unpaired) electrons. The normalized spacial score (nSPS) is 4.50. The molecule has 22 valence electrons. The second-order valence-corrected chi connectivity index (χ2v) is 0.909. The van der Waals surface area contributed by atoms with E-state index >= 15 is 0 Å². The van der Waals surface area contributed by atoms with Crippen molar-refractivity contribution in [1.29, 1.82) is 0 Å². The molecule has 0 aromatic carbocycles. The quantitative estimate of drug-likeness (QED) is 0.253. The SMILES string of the molecule is ClCCl.[H-].[Li+]. The first-order valence-corrected chi connectivity index (χ1v) is 1.60. The molecule has 0 fully saturated rings. The van der Waals surface area contributed by atoms with Gasteiger partial charge in [0.2, 0.25) is 0 Å². The topological polar surface area (TPSA) is 0 Å². The van der Waals surface area contributed by atoms with Crippen LogP contribution < -0.4 is 18.9 Å². The van der Waals surface area contributed by atoms with Gasteiger partial charge in [0.25, 0.3) is 0 Å². The molecule has 0 aliphatic rings. The first-order chi connectivity index (χ1) is 1.41. The van der Waals surface area contributed by atoms with Gasteiger partial charge in [0.1, 0.15) is 0 Å². The van der Waals surface area contributed by atoms with Crippen LogP contribution in [0.25, 0.3) is 0 Å². The molecule has 0 N–H and O–H groups in total. The van der Waals surface area contributed by atoms with Crippen molar-refractivity contribution >= 4 is 23.2 Å². The van der Waals surface area contributed by atoms with E-state index in [0.29, 0.717) is 0 Å². The summed E-state index contributed by atoms with van der Waals surface area (Å²) in [4.78, 5) is 0. The summed E-state index contributed by atoms with van der Waals surface area (Å²) in [5.74, 6) is 0. The van der Waals surface area contributed by atoms with Crippen LogP contribution in [-0.4, -0.2) is 5.34 Å². The van der Waals surface area contributed by atoms with Gasteiger partial charge in [-0.05, 0) is 0 Å². The Morgan fingerprint density at radius 1 is 1.50 bits per heavy atom. The summed E-state index contributed by atoms with van der Waals surface area (Å²) >= 11 is 9.53. The van der Waals surface area contributed by atoms with E-state index < -0.39 is 0 Å². The molecule has 0 atom stereocenters. The fourth-order valence-corrected chi connectivity index (χ4v) is 0. The van der Waals surface area contributed by atoms with Crippen LogP contribution in [0.15, 0.2) is 0 Å². The third kappa shape index (κ3) is 10.9. The van der Waals surface area contributed by atoms with Gasteiger partial charge in [0.05, 0.1) is 5.34 Å². The molecular formula is CH3Cl2Li. The summed E-state index contributed by atoms with van der Waals surface area (Å²) in [6, 6.07) is 0. The molecule has 4 heavy (non-hydrogen) atoms. The fraction of sp³-hybridized carbons (Fsp3) is 1.00. The first-order valence-electron chi connectivity index (χ1n) is 0.535. The summed E-state index contributed by atoms with van der Waals surface area (Å²) in [6.07, 6.45) is 0. The number of alkyl halides is 2. The molecule has 0 aromatic rings. The van der Waals surface area contributed by atoms with Crippen LogP contribution in [0.2, 0.25) is 0 Å². The third-order valence-electron chi connectivity index (χ3n) is 0. The minimum atomic E-state index is 0. The van der Waals surface area contributed by atoms with E-state index in [2.05, 4.69) is 0 Å². The van der Waals surface area contributed by atoms with Crippen molar-refractivity contribution in [2.75, 3.05) is 5.34 Å². The Bertz CT molecular complexity index is 9.61. The van der Waals surface area contributed by atoms with Crippen molar-refractivity contribution in [3.8, 4) is 0 Å². The maximum absolute atomic E-state index is 4.76. The smallest absolute Gasteiger partial charge is 1.00 e. The number of halogens is 2. The monoisotopic (exact) mass is 92.0 g/mol. The number of rotatable bonds is 0. The zero-order chi connectivity index (χ0) is 2.71. The Hall–Kier alpha value is 1.18. The van der Waals surface area contributed by atoms with Crippen molar-refractivity contribution in [3.63, 3.8) is 0 Å². The van der Waals surface area contributed by atoms with Crippen LogP contribution in [0.4, 0.5) is 0 Å². The van der Waals surface area contributed by atoms with Crippen LogP contribution in [-0.2, 0) is 0 Å². The maximum Gasteiger partial charge on any atom is 1.00 e. The minimum absolute atomic E-state index is 0. The van der Waals surface area contributed by atoms with E-state index in [-0.39, 0.29) is 25.6 Å². The second kappa shape index (κ2) is 8.90. The predicted octanol–water partition coefficient (Wildman–Crippen LogP) is -1.46. The summed E-state index contributed by atoms with van der Waals surface area (Å²) in [7, 11) is 0. The first kappa shape index (κ1) is 8.95. The average Bonchev–Trinajstić information content (AvgIpc) is 0.918. The molecule has 0 aromatic heterocycles. The number of hydrogen-bond donors (Lipinski definition) is 0. The molecule has 0 spiro atoms. The Kier molecular flexibility index (Phi) is 19.9. The van der Waals surface area contributed by atoms with E-state index in [4.69, 9.17) is 23.2 Å². The van der Waals surface area contributed by atoms with Crippen molar-refractivity contribution in [1.82, 2.24) is 0 Å². The molecule has 0 heterocycles. The molecule has 0 amide bonds. The molecule has 0 aliphatic heterocycles. The van der Waals surface area contributed by atoms with Gasteiger partial charge in [-0.25, -0.2) is 0 Å². The largest absolute Gasteiger partial charge is 1.00 e. The molecule has 0 nitrogen and oxygen atoms in total. The zero-order valence-electron chi connectivity index (χ0n) is 3.46. The Morgan fingerprint density at radius 3 is 1.50 bits per heavy atom. The van der Waals surface area contributed by atoms with Gasteiger partial charge >= 0.3 is 18.9 Å². The van der Waals surface area contributed by atoms with E-state index in [1.807, 2.05) is 0 Å². The van der Waals surface area contributed by atoms with E-state index in [9.17, 15) is 0 Å². The van der Waals surface area contributed by atoms with Crippen molar-refractivity contribution in [2.45, 2.75) is 0 Å². The van der Waals surface area contributed by atoms with Gasteiger partial charge in [-0.2, -0.15) is 0 Å². The van der Waals surface area contributed by atoms with Crippen LogP contribution in [0.5, 0.6) is 0 Å². The molecular weight excluding hydrogens is 89.9 g/mol. The molecule has 0 aliphatic carbocycles. The van der Waals surface area contributed by atoms with Gasteiger partial charge in [0.15, 0.2) is 0 Å². The van der Waals surface area contributed by atoms with Gasteiger partial charge in [-0.15, -0.1) is 23.2 Å².